The van der Waals surface area contributed by atoms with Crippen LogP contribution in [0.4, 0.5) is 0 Å². The summed E-state index contributed by atoms with van der Waals surface area (Å²) in [6.07, 6.45) is 5.46. The minimum absolute atomic E-state index is 0.279. The molecule has 16 heavy (non-hydrogen) atoms. The SMILES string of the molecule is NCc1nnn(CCCCCO)c1C1CC1. The van der Waals surface area contributed by atoms with Crippen LogP contribution in [0.2, 0.25) is 0 Å². The lowest BCUT2D eigenvalue weighted by Crippen LogP contribution is -2.07. The van der Waals surface area contributed by atoms with Gasteiger partial charge in [-0.25, -0.2) is 4.68 Å². The second-order valence-electron chi connectivity index (χ2n) is 4.41. The first-order chi connectivity index (χ1) is 7.86. The summed E-state index contributed by atoms with van der Waals surface area (Å²) in [4.78, 5) is 0. The molecule has 0 bridgehead atoms. The van der Waals surface area contributed by atoms with Crippen molar-refractivity contribution in [1.82, 2.24) is 15.0 Å². The molecule has 0 aliphatic heterocycles. The summed E-state index contributed by atoms with van der Waals surface area (Å²) in [5.74, 6) is 0.645. The van der Waals surface area contributed by atoms with E-state index in [4.69, 9.17) is 10.8 Å². The summed E-state index contributed by atoms with van der Waals surface area (Å²) in [6, 6.07) is 0. The van der Waals surface area contributed by atoms with Gasteiger partial charge in [-0.3, -0.25) is 0 Å². The number of aromatic nitrogens is 3. The monoisotopic (exact) mass is 224 g/mol. The molecule has 2 rings (SSSR count). The maximum atomic E-state index is 8.71. The van der Waals surface area contributed by atoms with Gasteiger partial charge >= 0.3 is 0 Å². The van der Waals surface area contributed by atoms with Crippen molar-refractivity contribution in [3.8, 4) is 0 Å². The highest BCUT2D eigenvalue weighted by Crippen LogP contribution is 2.41. The number of nitrogens with two attached hydrogens (primary N) is 1. The minimum Gasteiger partial charge on any atom is -0.396 e. The molecular weight excluding hydrogens is 204 g/mol. The average molecular weight is 224 g/mol. The molecule has 5 nitrogen and oxygen atoms in total. The van der Waals surface area contributed by atoms with Crippen LogP contribution in [-0.4, -0.2) is 26.7 Å². The normalized spacial score (nSPS) is 15.6. The average Bonchev–Trinajstić information content (AvgIpc) is 3.06. The zero-order valence-electron chi connectivity index (χ0n) is 9.60. The smallest absolute Gasteiger partial charge is 0.0997 e. The van der Waals surface area contributed by atoms with Crippen LogP contribution >= 0.6 is 0 Å². The fourth-order valence-corrected chi connectivity index (χ4v) is 2.02. The molecule has 1 aliphatic carbocycles. The Morgan fingerprint density at radius 1 is 1.31 bits per heavy atom. The summed E-state index contributed by atoms with van der Waals surface area (Å²) < 4.78 is 2.01. The Morgan fingerprint density at radius 3 is 2.75 bits per heavy atom. The molecule has 0 saturated heterocycles. The largest absolute Gasteiger partial charge is 0.396 e. The van der Waals surface area contributed by atoms with E-state index in [1.54, 1.807) is 0 Å². The molecule has 0 atom stereocenters. The van der Waals surface area contributed by atoms with Crippen LogP contribution in [0.3, 0.4) is 0 Å². The van der Waals surface area contributed by atoms with E-state index in [1.807, 2.05) is 4.68 Å². The van der Waals surface area contributed by atoms with Crippen LogP contribution in [0, 0.1) is 0 Å². The van der Waals surface area contributed by atoms with Crippen molar-refractivity contribution in [2.75, 3.05) is 6.61 Å². The van der Waals surface area contributed by atoms with Gasteiger partial charge < -0.3 is 10.8 Å². The quantitative estimate of drug-likeness (QED) is 0.671. The minimum atomic E-state index is 0.279. The third-order valence-corrected chi connectivity index (χ3v) is 3.03. The van der Waals surface area contributed by atoms with Gasteiger partial charge in [0.25, 0.3) is 0 Å². The fourth-order valence-electron chi connectivity index (χ4n) is 2.02. The van der Waals surface area contributed by atoms with E-state index in [9.17, 15) is 0 Å². The number of rotatable bonds is 7. The molecule has 0 spiro atoms. The number of hydrogen-bond donors (Lipinski definition) is 2. The van der Waals surface area contributed by atoms with Crippen molar-refractivity contribution in [2.24, 2.45) is 5.73 Å². The number of aliphatic hydroxyl groups excluding tert-OH is 1. The zero-order valence-corrected chi connectivity index (χ0v) is 9.60. The molecule has 1 aromatic heterocycles. The first kappa shape index (κ1) is 11.5. The van der Waals surface area contributed by atoms with Gasteiger partial charge in [-0.2, -0.15) is 0 Å². The van der Waals surface area contributed by atoms with Gasteiger partial charge in [-0.15, -0.1) is 5.10 Å². The third-order valence-electron chi connectivity index (χ3n) is 3.03. The number of aryl methyl sites for hydroxylation is 1. The summed E-state index contributed by atoms with van der Waals surface area (Å²) in [6.45, 7) is 1.67. The molecule has 0 radical (unpaired) electrons. The molecule has 90 valence electrons. The van der Waals surface area contributed by atoms with Gasteiger partial charge in [0.2, 0.25) is 0 Å². The molecular formula is C11H20N4O. The van der Waals surface area contributed by atoms with Gasteiger partial charge in [0.05, 0.1) is 11.4 Å². The first-order valence-electron chi connectivity index (χ1n) is 6.10. The number of nitrogens with zero attached hydrogens (tertiary/aromatic N) is 3. The van der Waals surface area contributed by atoms with E-state index in [0.29, 0.717) is 12.5 Å². The zero-order chi connectivity index (χ0) is 11.4. The second kappa shape index (κ2) is 5.41. The molecule has 3 N–H and O–H groups in total. The number of aliphatic hydroxyl groups is 1. The fraction of sp³-hybridized carbons (Fsp3) is 0.818. The summed E-state index contributed by atoms with van der Waals surface area (Å²) in [7, 11) is 0. The Morgan fingerprint density at radius 2 is 2.12 bits per heavy atom. The van der Waals surface area contributed by atoms with Gasteiger partial charge in [0, 0.05) is 25.6 Å². The van der Waals surface area contributed by atoms with Gasteiger partial charge in [0.15, 0.2) is 0 Å². The molecule has 0 aromatic carbocycles. The van der Waals surface area contributed by atoms with Crippen LogP contribution < -0.4 is 5.73 Å². The predicted octanol–water partition coefficient (Wildman–Crippen LogP) is 0.777. The van der Waals surface area contributed by atoms with Crippen LogP contribution in [-0.2, 0) is 13.1 Å². The highest BCUT2D eigenvalue weighted by Gasteiger charge is 2.30. The molecule has 1 fully saturated rings. The Bertz CT molecular complexity index is 333. The van der Waals surface area contributed by atoms with Gasteiger partial charge in [-0.1, -0.05) is 5.21 Å². The third kappa shape index (κ3) is 2.59. The lowest BCUT2D eigenvalue weighted by atomic mass is 10.2. The topological polar surface area (TPSA) is 77.0 Å². The molecule has 1 heterocycles. The molecule has 5 heteroatoms. The molecule has 1 aromatic rings. The summed E-state index contributed by atoms with van der Waals surface area (Å²) >= 11 is 0. The van der Waals surface area contributed by atoms with Gasteiger partial charge in [0.1, 0.15) is 0 Å². The molecule has 0 amide bonds. The summed E-state index contributed by atoms with van der Waals surface area (Å²) in [5.41, 5.74) is 7.88. The highest BCUT2D eigenvalue weighted by molar-refractivity contribution is 5.20. The Hall–Kier alpha value is -0.940. The standard InChI is InChI=1S/C11H20N4O/c12-8-10-11(9-4-5-9)15(14-13-10)6-2-1-3-7-16/h9,16H,1-8,12H2. The van der Waals surface area contributed by atoms with E-state index in [-0.39, 0.29) is 6.61 Å². The van der Waals surface area contributed by atoms with E-state index in [2.05, 4.69) is 10.3 Å². The van der Waals surface area contributed by atoms with E-state index in [1.165, 1.54) is 18.5 Å². The van der Waals surface area contributed by atoms with Crippen molar-refractivity contribution in [2.45, 2.75) is 51.1 Å². The second-order valence-corrected chi connectivity index (χ2v) is 4.41. The van der Waals surface area contributed by atoms with E-state index >= 15 is 0 Å². The van der Waals surface area contributed by atoms with E-state index in [0.717, 1.165) is 31.5 Å². The maximum Gasteiger partial charge on any atom is 0.0997 e. The molecule has 1 saturated carbocycles. The van der Waals surface area contributed by atoms with Gasteiger partial charge in [-0.05, 0) is 32.1 Å². The van der Waals surface area contributed by atoms with Crippen molar-refractivity contribution in [3.05, 3.63) is 11.4 Å². The highest BCUT2D eigenvalue weighted by atomic mass is 16.2. The molecule has 0 unspecified atom stereocenters. The predicted molar refractivity (Wildman–Crippen MR) is 60.8 cm³/mol. The van der Waals surface area contributed by atoms with Crippen molar-refractivity contribution >= 4 is 0 Å². The van der Waals surface area contributed by atoms with Crippen molar-refractivity contribution in [1.29, 1.82) is 0 Å². The van der Waals surface area contributed by atoms with Crippen molar-refractivity contribution < 1.29 is 5.11 Å². The van der Waals surface area contributed by atoms with Crippen LogP contribution in [0.5, 0.6) is 0 Å². The Labute approximate surface area is 95.6 Å². The number of hydrogen-bond acceptors (Lipinski definition) is 4. The van der Waals surface area contributed by atoms with Crippen LogP contribution in [0.15, 0.2) is 0 Å². The van der Waals surface area contributed by atoms with Crippen LogP contribution in [0.25, 0.3) is 0 Å². The summed E-state index contributed by atoms with van der Waals surface area (Å²) in [5, 5.41) is 17.0. The Kier molecular flexibility index (Phi) is 3.90. The Balaban J connectivity index is 1.94. The first-order valence-corrected chi connectivity index (χ1v) is 6.10. The van der Waals surface area contributed by atoms with E-state index < -0.39 is 0 Å². The maximum absolute atomic E-state index is 8.71. The lowest BCUT2D eigenvalue weighted by molar-refractivity contribution is 0.281. The number of unbranched alkanes of at least 4 members (excludes halogenated alkanes) is 2. The van der Waals surface area contributed by atoms with Crippen molar-refractivity contribution in [3.63, 3.8) is 0 Å². The molecule has 1 aliphatic rings. The van der Waals surface area contributed by atoms with Crippen LogP contribution in [0.1, 0.15) is 49.4 Å². The lowest BCUT2D eigenvalue weighted by Gasteiger charge is -2.05.